The molecule has 0 amide bonds. The zero-order valence-electron chi connectivity index (χ0n) is 10.7. The van der Waals surface area contributed by atoms with E-state index in [1.54, 1.807) is 0 Å². The fourth-order valence-corrected chi connectivity index (χ4v) is 2.68. The van der Waals surface area contributed by atoms with Gasteiger partial charge < -0.3 is 5.11 Å². The van der Waals surface area contributed by atoms with E-state index in [-0.39, 0.29) is 5.60 Å². The van der Waals surface area contributed by atoms with E-state index in [1.807, 2.05) is 0 Å². The van der Waals surface area contributed by atoms with Crippen molar-refractivity contribution in [1.82, 2.24) is 4.90 Å². The molecule has 1 saturated heterocycles. The lowest BCUT2D eigenvalue weighted by molar-refractivity contribution is -0.0297. The molecule has 1 aromatic carbocycles. The van der Waals surface area contributed by atoms with E-state index in [0.717, 1.165) is 45.3 Å². The highest BCUT2D eigenvalue weighted by atomic mass is 16.3. The summed E-state index contributed by atoms with van der Waals surface area (Å²) in [7, 11) is 0. The molecule has 0 bridgehead atoms. The number of aliphatic hydroxyl groups is 1. The Hall–Kier alpha value is -0.860. The van der Waals surface area contributed by atoms with E-state index in [4.69, 9.17) is 0 Å². The zero-order valence-corrected chi connectivity index (χ0v) is 10.7. The minimum atomic E-state index is -0.387. The summed E-state index contributed by atoms with van der Waals surface area (Å²) in [4.78, 5) is 2.44. The Labute approximate surface area is 104 Å². The first-order valence-corrected chi connectivity index (χ1v) is 6.70. The minimum absolute atomic E-state index is 0.387. The van der Waals surface area contributed by atoms with E-state index >= 15 is 0 Å². The third-order valence-electron chi connectivity index (χ3n) is 3.75. The lowest BCUT2D eigenvalue weighted by Crippen LogP contribution is -2.43. The van der Waals surface area contributed by atoms with Gasteiger partial charge in [-0.05, 0) is 24.8 Å². The summed E-state index contributed by atoms with van der Waals surface area (Å²) in [5, 5.41) is 10.3. The maximum atomic E-state index is 10.3. The molecule has 0 radical (unpaired) electrons. The van der Waals surface area contributed by atoms with Gasteiger partial charge in [0.05, 0.1) is 5.60 Å². The molecule has 2 rings (SSSR count). The molecule has 1 aliphatic rings. The van der Waals surface area contributed by atoms with E-state index in [0.29, 0.717) is 0 Å². The number of benzene rings is 1. The zero-order chi connectivity index (χ0) is 12.1. The average Bonchev–Trinajstić information content (AvgIpc) is 2.34. The molecule has 2 nitrogen and oxygen atoms in total. The molecule has 0 unspecified atom stereocenters. The van der Waals surface area contributed by atoms with Crippen molar-refractivity contribution in [2.24, 2.45) is 0 Å². The summed E-state index contributed by atoms with van der Waals surface area (Å²) in [5.41, 5.74) is 0.982. The van der Waals surface area contributed by atoms with Gasteiger partial charge >= 0.3 is 0 Å². The van der Waals surface area contributed by atoms with Crippen LogP contribution in [-0.2, 0) is 6.54 Å². The van der Waals surface area contributed by atoms with Crippen LogP contribution in [0.1, 0.15) is 38.2 Å². The molecule has 1 heterocycles. The lowest BCUT2D eigenvalue weighted by Gasteiger charge is -2.38. The van der Waals surface area contributed by atoms with Crippen molar-refractivity contribution in [1.29, 1.82) is 0 Å². The van der Waals surface area contributed by atoms with Gasteiger partial charge in [0.2, 0.25) is 0 Å². The van der Waals surface area contributed by atoms with Crippen LogP contribution in [0.3, 0.4) is 0 Å². The molecular weight excluding hydrogens is 210 g/mol. The van der Waals surface area contributed by atoms with Gasteiger partial charge in [-0.15, -0.1) is 0 Å². The number of hydrogen-bond donors (Lipinski definition) is 1. The predicted molar refractivity (Wildman–Crippen MR) is 70.8 cm³/mol. The van der Waals surface area contributed by atoms with Crippen molar-refractivity contribution in [3.05, 3.63) is 35.9 Å². The molecule has 0 atom stereocenters. The fourth-order valence-electron chi connectivity index (χ4n) is 2.68. The molecule has 94 valence electrons. The van der Waals surface area contributed by atoms with Crippen LogP contribution in [0.2, 0.25) is 0 Å². The molecule has 17 heavy (non-hydrogen) atoms. The molecule has 0 aromatic heterocycles. The van der Waals surface area contributed by atoms with Crippen LogP contribution in [0.5, 0.6) is 0 Å². The summed E-state index contributed by atoms with van der Waals surface area (Å²) in [5.74, 6) is 0. The van der Waals surface area contributed by atoms with Crippen molar-refractivity contribution in [3.63, 3.8) is 0 Å². The normalized spacial score (nSPS) is 20.4. The summed E-state index contributed by atoms with van der Waals surface area (Å²) in [6.45, 7) is 5.20. The summed E-state index contributed by atoms with van der Waals surface area (Å²) in [6.07, 6.45) is 3.88. The summed E-state index contributed by atoms with van der Waals surface area (Å²) >= 11 is 0. The molecule has 0 aliphatic carbocycles. The Morgan fingerprint density at radius 2 is 1.82 bits per heavy atom. The molecule has 1 N–H and O–H groups in total. The highest BCUT2D eigenvalue weighted by Gasteiger charge is 2.30. The molecule has 1 aromatic rings. The topological polar surface area (TPSA) is 23.5 Å². The van der Waals surface area contributed by atoms with Crippen LogP contribution < -0.4 is 0 Å². The summed E-state index contributed by atoms with van der Waals surface area (Å²) < 4.78 is 0. The monoisotopic (exact) mass is 233 g/mol. The van der Waals surface area contributed by atoms with Crippen molar-refractivity contribution < 1.29 is 5.11 Å². The third kappa shape index (κ3) is 3.55. The summed E-state index contributed by atoms with van der Waals surface area (Å²) in [6, 6.07) is 10.6. The standard InChI is InChI=1S/C15H23NO/c1-2-8-15(17)9-11-16(12-10-15)13-14-6-4-3-5-7-14/h3-7,17H,2,8-13H2,1H3. The maximum absolute atomic E-state index is 10.3. The second kappa shape index (κ2) is 5.65. The Kier molecular flexibility index (Phi) is 4.19. The molecule has 0 saturated carbocycles. The van der Waals surface area contributed by atoms with Gasteiger partial charge in [0.1, 0.15) is 0 Å². The van der Waals surface area contributed by atoms with Crippen LogP contribution in [0, 0.1) is 0 Å². The Morgan fingerprint density at radius 1 is 1.18 bits per heavy atom. The van der Waals surface area contributed by atoms with Crippen LogP contribution in [0.25, 0.3) is 0 Å². The van der Waals surface area contributed by atoms with Crippen molar-refractivity contribution in [3.8, 4) is 0 Å². The predicted octanol–water partition coefficient (Wildman–Crippen LogP) is 2.81. The SMILES string of the molecule is CCCC1(O)CCN(Cc2ccccc2)CC1. The molecular formula is C15H23NO. The Balaban J connectivity index is 1.83. The number of rotatable bonds is 4. The first-order valence-electron chi connectivity index (χ1n) is 6.70. The van der Waals surface area contributed by atoms with Crippen LogP contribution in [-0.4, -0.2) is 28.7 Å². The molecule has 1 aliphatic heterocycles. The number of likely N-dealkylation sites (tertiary alicyclic amines) is 1. The second-order valence-electron chi connectivity index (χ2n) is 5.24. The van der Waals surface area contributed by atoms with Gasteiger partial charge in [0, 0.05) is 19.6 Å². The Morgan fingerprint density at radius 3 is 2.41 bits per heavy atom. The number of hydrogen-bond acceptors (Lipinski definition) is 2. The lowest BCUT2D eigenvalue weighted by atomic mass is 9.87. The molecule has 0 spiro atoms. The van der Waals surface area contributed by atoms with Crippen LogP contribution in [0.4, 0.5) is 0 Å². The highest BCUT2D eigenvalue weighted by molar-refractivity contribution is 5.14. The van der Waals surface area contributed by atoms with Crippen molar-refractivity contribution in [2.45, 2.75) is 44.8 Å². The smallest absolute Gasteiger partial charge is 0.0672 e. The quantitative estimate of drug-likeness (QED) is 0.864. The maximum Gasteiger partial charge on any atom is 0.0672 e. The molecule has 2 heteroatoms. The fraction of sp³-hybridized carbons (Fsp3) is 0.600. The van der Waals surface area contributed by atoms with Gasteiger partial charge in [0.25, 0.3) is 0 Å². The number of nitrogens with zero attached hydrogens (tertiary/aromatic N) is 1. The van der Waals surface area contributed by atoms with E-state index < -0.39 is 0 Å². The van der Waals surface area contributed by atoms with Crippen molar-refractivity contribution in [2.75, 3.05) is 13.1 Å². The third-order valence-corrected chi connectivity index (χ3v) is 3.75. The van der Waals surface area contributed by atoms with Gasteiger partial charge in [-0.1, -0.05) is 43.7 Å². The average molecular weight is 233 g/mol. The first-order chi connectivity index (χ1) is 8.22. The van der Waals surface area contributed by atoms with Crippen molar-refractivity contribution >= 4 is 0 Å². The van der Waals surface area contributed by atoms with Gasteiger partial charge in [-0.2, -0.15) is 0 Å². The minimum Gasteiger partial charge on any atom is -0.390 e. The van der Waals surface area contributed by atoms with E-state index in [1.165, 1.54) is 5.56 Å². The van der Waals surface area contributed by atoms with Gasteiger partial charge in [-0.3, -0.25) is 4.90 Å². The Bertz CT molecular complexity index is 328. The number of piperidine rings is 1. The highest BCUT2D eigenvalue weighted by Crippen LogP contribution is 2.27. The van der Waals surface area contributed by atoms with Crippen LogP contribution in [0.15, 0.2) is 30.3 Å². The largest absolute Gasteiger partial charge is 0.390 e. The first kappa shape index (κ1) is 12.6. The van der Waals surface area contributed by atoms with E-state index in [9.17, 15) is 5.11 Å². The van der Waals surface area contributed by atoms with E-state index in [2.05, 4.69) is 42.2 Å². The van der Waals surface area contributed by atoms with Gasteiger partial charge in [-0.25, -0.2) is 0 Å². The van der Waals surface area contributed by atoms with Crippen LogP contribution >= 0.6 is 0 Å². The molecule has 1 fully saturated rings. The van der Waals surface area contributed by atoms with Gasteiger partial charge in [0.15, 0.2) is 0 Å². The second-order valence-corrected chi connectivity index (χ2v) is 5.24.